The number of hydrogen-bond acceptors (Lipinski definition) is 5. The SMILES string of the molecule is CC.CCC[CH2][Sn]([CH2]CCC)([CH2]CCC)[c]1ccc(OCCCCCCCCCCNSc2cccc3c(N(C)C)cccc23)cc1N. The summed E-state index contributed by atoms with van der Waals surface area (Å²) in [4.78, 5) is 3.50. The summed E-state index contributed by atoms with van der Waals surface area (Å²) in [7, 11) is 4.22. The molecule has 0 unspecified atom stereocenters. The maximum absolute atomic E-state index is 6.79. The Morgan fingerprint density at radius 1 is 0.688 bits per heavy atom. The first-order valence-electron chi connectivity index (χ1n) is 19.6. The zero-order valence-corrected chi connectivity index (χ0v) is 35.6. The van der Waals surface area contributed by atoms with Crippen molar-refractivity contribution in [3.05, 3.63) is 54.6 Å². The van der Waals surface area contributed by atoms with E-state index in [1.165, 1.54) is 118 Å². The van der Waals surface area contributed by atoms with E-state index in [1.807, 2.05) is 13.8 Å². The Hall–Kier alpha value is -1.57. The van der Waals surface area contributed by atoms with E-state index in [9.17, 15) is 0 Å². The zero-order chi connectivity index (χ0) is 35.0. The average Bonchev–Trinajstić information content (AvgIpc) is 3.11. The molecule has 0 aliphatic rings. The maximum atomic E-state index is 6.79. The molecule has 0 amide bonds. The molecule has 4 nitrogen and oxygen atoms in total. The number of hydrogen-bond donors (Lipinski definition) is 2. The fraction of sp³-hybridized carbons (Fsp3) is 0.619. The molecule has 3 N–H and O–H groups in total. The second-order valence-electron chi connectivity index (χ2n) is 13.5. The van der Waals surface area contributed by atoms with Gasteiger partial charge in [0.2, 0.25) is 0 Å². The monoisotopic (exact) mass is 785 g/mol. The van der Waals surface area contributed by atoms with Crippen LogP contribution in [0.3, 0.4) is 0 Å². The van der Waals surface area contributed by atoms with Gasteiger partial charge in [-0.15, -0.1) is 0 Å². The van der Waals surface area contributed by atoms with Crippen LogP contribution in [0.2, 0.25) is 13.3 Å². The zero-order valence-electron chi connectivity index (χ0n) is 32.0. The topological polar surface area (TPSA) is 50.5 Å². The number of unbranched alkanes of at least 4 members (excludes halogenated alkanes) is 10. The summed E-state index contributed by atoms with van der Waals surface area (Å²) in [5.41, 5.74) is 9.08. The van der Waals surface area contributed by atoms with Gasteiger partial charge in [-0.2, -0.15) is 0 Å². The molecule has 48 heavy (non-hydrogen) atoms. The molecule has 0 atom stereocenters. The molecule has 0 aromatic heterocycles. The number of fused-ring (bicyclic) bond motifs is 1. The molecule has 0 spiro atoms. The minimum absolute atomic E-state index is 0.797. The third-order valence-corrected chi connectivity index (χ3v) is 26.3. The molecule has 3 aromatic rings. The molecule has 6 heteroatoms. The molecule has 0 radical (unpaired) electrons. The number of nitrogens with one attached hydrogen (secondary N) is 1. The van der Waals surface area contributed by atoms with Crippen LogP contribution in [0.25, 0.3) is 10.8 Å². The third-order valence-electron chi connectivity index (χ3n) is 9.59. The van der Waals surface area contributed by atoms with Gasteiger partial charge in [0.25, 0.3) is 0 Å². The van der Waals surface area contributed by atoms with Crippen molar-refractivity contribution >= 4 is 56.1 Å². The number of nitrogens with two attached hydrogens (primary N) is 1. The van der Waals surface area contributed by atoms with Crippen molar-refractivity contribution in [2.45, 2.75) is 143 Å². The number of benzene rings is 3. The van der Waals surface area contributed by atoms with Crippen molar-refractivity contribution in [3.8, 4) is 5.75 Å². The van der Waals surface area contributed by atoms with Crippen molar-refractivity contribution in [1.82, 2.24) is 4.72 Å². The second kappa shape index (κ2) is 25.4. The molecule has 0 bridgehead atoms. The van der Waals surface area contributed by atoms with Crippen molar-refractivity contribution in [2.24, 2.45) is 0 Å². The predicted molar refractivity (Wildman–Crippen MR) is 221 cm³/mol. The first kappa shape index (κ1) is 42.6. The Morgan fingerprint density at radius 2 is 1.25 bits per heavy atom. The molecule has 270 valence electrons. The second-order valence-corrected chi connectivity index (χ2v) is 27.6. The Bertz CT molecular complexity index is 1250. The van der Waals surface area contributed by atoms with E-state index in [0.29, 0.717) is 0 Å². The van der Waals surface area contributed by atoms with Gasteiger partial charge in [0, 0.05) is 36.6 Å². The molecule has 0 aliphatic carbocycles. The number of rotatable bonds is 25. The van der Waals surface area contributed by atoms with Gasteiger partial charge in [-0.05, 0) is 35.9 Å². The van der Waals surface area contributed by atoms with Gasteiger partial charge in [-0.25, -0.2) is 0 Å². The fourth-order valence-corrected chi connectivity index (χ4v) is 24.2. The summed E-state index contributed by atoms with van der Waals surface area (Å²) >= 11 is -0.736. The molecule has 0 saturated heterocycles. The van der Waals surface area contributed by atoms with E-state index >= 15 is 0 Å². The van der Waals surface area contributed by atoms with Gasteiger partial charge < -0.3 is 4.90 Å². The van der Waals surface area contributed by atoms with Gasteiger partial charge in [-0.3, -0.25) is 4.72 Å². The molecular formula is C42H71N3OSSn. The Morgan fingerprint density at radius 3 is 1.83 bits per heavy atom. The summed E-state index contributed by atoms with van der Waals surface area (Å²) in [6.45, 7) is 12.9. The molecule has 0 saturated carbocycles. The molecule has 0 fully saturated rings. The fourth-order valence-electron chi connectivity index (χ4n) is 6.86. The van der Waals surface area contributed by atoms with Gasteiger partial charge in [0.1, 0.15) is 0 Å². The first-order chi connectivity index (χ1) is 23.5. The van der Waals surface area contributed by atoms with E-state index in [-0.39, 0.29) is 0 Å². The van der Waals surface area contributed by atoms with Crippen LogP contribution in [0, 0.1) is 0 Å². The van der Waals surface area contributed by atoms with E-state index in [1.54, 1.807) is 15.5 Å². The van der Waals surface area contributed by atoms with Crippen LogP contribution in [-0.4, -0.2) is 45.6 Å². The van der Waals surface area contributed by atoms with Crippen molar-refractivity contribution in [3.63, 3.8) is 0 Å². The van der Waals surface area contributed by atoms with Gasteiger partial charge in [-0.1, -0.05) is 44.5 Å². The minimum atomic E-state index is -2.51. The number of nitrogen functional groups attached to an aromatic ring is 1. The Balaban J connectivity index is 0.00000392. The van der Waals surface area contributed by atoms with Gasteiger partial charge in [0.05, 0.1) is 0 Å². The van der Waals surface area contributed by atoms with Crippen LogP contribution in [0.15, 0.2) is 59.5 Å². The quantitative estimate of drug-likeness (QED) is 0.0388. The summed E-state index contributed by atoms with van der Waals surface area (Å²) < 4.78 is 15.7. The van der Waals surface area contributed by atoms with Crippen molar-refractivity contribution in [2.75, 3.05) is 37.9 Å². The van der Waals surface area contributed by atoms with Gasteiger partial charge >= 0.3 is 180 Å². The van der Waals surface area contributed by atoms with Crippen LogP contribution in [0.5, 0.6) is 5.75 Å². The van der Waals surface area contributed by atoms with Crippen LogP contribution in [-0.2, 0) is 0 Å². The summed E-state index contributed by atoms with van der Waals surface area (Å²) in [6, 6.07) is 20.0. The van der Waals surface area contributed by atoms with E-state index in [4.69, 9.17) is 10.5 Å². The molecule has 3 rings (SSSR count). The molecule has 0 heterocycles. The van der Waals surface area contributed by atoms with E-state index < -0.39 is 18.4 Å². The molecular weight excluding hydrogens is 713 g/mol. The first-order valence-corrected chi connectivity index (χ1v) is 27.9. The molecule has 3 aromatic carbocycles. The molecule has 0 aliphatic heterocycles. The van der Waals surface area contributed by atoms with Crippen LogP contribution in [0.4, 0.5) is 11.4 Å². The van der Waals surface area contributed by atoms with Gasteiger partial charge in [0.15, 0.2) is 0 Å². The number of ether oxygens (including phenoxy) is 1. The van der Waals surface area contributed by atoms with E-state index in [2.05, 4.69) is 99.1 Å². The number of nitrogens with zero attached hydrogens (tertiary/aromatic N) is 1. The van der Waals surface area contributed by atoms with Crippen LogP contribution >= 0.6 is 11.9 Å². The Labute approximate surface area is 304 Å². The van der Waals surface area contributed by atoms with Crippen molar-refractivity contribution < 1.29 is 4.74 Å². The normalized spacial score (nSPS) is 11.4. The summed E-state index contributed by atoms with van der Waals surface area (Å²) in [6.07, 6.45) is 18.2. The summed E-state index contributed by atoms with van der Waals surface area (Å²) in [5.74, 6) is 0.966. The standard InChI is InChI=1S/C28H38N3OS.3C4H9.C2H6.Sn/c1-31(2)27-18-12-17-26-25(27)16-13-19-28(26)33-30-20-9-7-5-3-4-6-8-10-21-32-24-15-11-14-23(29)22-24;3*1-3-4-2;1-2;/h11-13,15-19,22,30H,3-10,20-21,29H2,1-2H3;3*1,3-4H2,2H3;1-2H3;. The summed E-state index contributed by atoms with van der Waals surface area (Å²) in [5, 5.41) is 2.64. The average molecular weight is 785 g/mol. The predicted octanol–water partition coefficient (Wildman–Crippen LogP) is 12.4. The van der Waals surface area contributed by atoms with Crippen molar-refractivity contribution in [1.29, 1.82) is 0 Å². The van der Waals surface area contributed by atoms with E-state index in [0.717, 1.165) is 31.0 Å². The van der Waals surface area contributed by atoms with Crippen LogP contribution < -0.4 is 23.7 Å². The third kappa shape index (κ3) is 14.3. The number of anilines is 2. The van der Waals surface area contributed by atoms with Crippen LogP contribution in [0.1, 0.15) is 125 Å². The Kier molecular flexibility index (Phi) is 22.5.